The van der Waals surface area contributed by atoms with Crippen LogP contribution in [-0.4, -0.2) is 65.0 Å². The summed E-state index contributed by atoms with van der Waals surface area (Å²) in [6, 6.07) is 14.9. The van der Waals surface area contributed by atoms with Crippen LogP contribution >= 0.6 is 0 Å². The van der Waals surface area contributed by atoms with Crippen molar-refractivity contribution in [1.82, 2.24) is 14.5 Å². The molecule has 0 aliphatic carbocycles. The molecule has 4 heterocycles. The number of fused-ring (bicyclic) bond motifs is 4. The number of pyridine rings is 1. The van der Waals surface area contributed by atoms with Crippen molar-refractivity contribution < 1.29 is 19.1 Å². The van der Waals surface area contributed by atoms with E-state index >= 15 is 0 Å². The Hall–Kier alpha value is -5.23. The van der Waals surface area contributed by atoms with Crippen molar-refractivity contribution >= 4 is 57.4 Å². The van der Waals surface area contributed by atoms with Gasteiger partial charge < -0.3 is 24.6 Å². The molecule has 0 atom stereocenters. The van der Waals surface area contributed by atoms with Crippen molar-refractivity contribution in [3.8, 4) is 0 Å². The first-order valence-electron chi connectivity index (χ1n) is 15.2. The number of nitrogens with zero attached hydrogens (tertiary/aromatic N) is 6. The quantitative estimate of drug-likeness (QED) is 0.297. The fourth-order valence-electron chi connectivity index (χ4n) is 5.77. The predicted octanol–water partition coefficient (Wildman–Crippen LogP) is 5.29. The van der Waals surface area contributed by atoms with Gasteiger partial charge in [0.25, 0.3) is 11.5 Å². The smallest absolute Gasteiger partial charge is 0.414 e. The van der Waals surface area contributed by atoms with Crippen LogP contribution < -0.4 is 25.6 Å². The maximum atomic E-state index is 14.3. The average Bonchev–Trinajstić information content (AvgIpc) is 3.02. The molecule has 46 heavy (non-hydrogen) atoms. The summed E-state index contributed by atoms with van der Waals surface area (Å²) in [5, 5.41) is 3.90. The fraction of sp³-hybridized carbons (Fsp3) is 0.324. The number of nitrogens with one attached hydrogen (secondary N) is 1. The van der Waals surface area contributed by atoms with Crippen LogP contribution in [0.25, 0.3) is 11.0 Å². The minimum atomic E-state index is -0.675. The maximum Gasteiger partial charge on any atom is 0.414 e. The number of hydrogen-bond acceptors (Lipinski definition) is 9. The molecule has 238 valence electrons. The van der Waals surface area contributed by atoms with Crippen molar-refractivity contribution in [1.29, 1.82) is 0 Å². The molecule has 2 aromatic carbocycles. The van der Waals surface area contributed by atoms with Crippen LogP contribution in [0.1, 0.15) is 26.3 Å². The Morgan fingerprint density at radius 1 is 1.00 bits per heavy atom. The number of rotatable bonds is 2. The molecule has 2 amide bonds. The maximum absolute atomic E-state index is 14.3. The van der Waals surface area contributed by atoms with Gasteiger partial charge in [0.1, 0.15) is 16.9 Å². The summed E-state index contributed by atoms with van der Waals surface area (Å²) < 4.78 is 13.3. The van der Waals surface area contributed by atoms with Gasteiger partial charge in [-0.25, -0.2) is 9.78 Å². The van der Waals surface area contributed by atoms with E-state index in [4.69, 9.17) is 14.5 Å². The van der Waals surface area contributed by atoms with Crippen molar-refractivity contribution in [3.63, 3.8) is 0 Å². The lowest BCUT2D eigenvalue weighted by atomic mass is 10.1. The van der Waals surface area contributed by atoms with E-state index in [1.165, 1.54) is 11.0 Å². The molecular weight excluding hydrogens is 586 g/mol. The Balaban J connectivity index is 1.41. The summed E-state index contributed by atoms with van der Waals surface area (Å²) in [7, 11) is 0. The molecule has 0 saturated carbocycles. The lowest BCUT2D eigenvalue weighted by Crippen LogP contribution is -2.44. The molecule has 0 saturated heterocycles. The van der Waals surface area contributed by atoms with E-state index in [0.29, 0.717) is 47.1 Å². The van der Waals surface area contributed by atoms with Crippen LogP contribution in [-0.2, 0) is 20.8 Å². The van der Waals surface area contributed by atoms with Crippen LogP contribution in [0.2, 0.25) is 0 Å². The van der Waals surface area contributed by atoms with Gasteiger partial charge in [-0.2, -0.15) is 4.98 Å². The van der Waals surface area contributed by atoms with Gasteiger partial charge in [0.05, 0.1) is 37.7 Å². The lowest BCUT2D eigenvalue weighted by Gasteiger charge is -2.38. The largest absolute Gasteiger partial charge is 0.443 e. The minimum Gasteiger partial charge on any atom is -0.443 e. The number of anilines is 6. The van der Waals surface area contributed by atoms with Gasteiger partial charge in [-0.1, -0.05) is 24.8 Å². The van der Waals surface area contributed by atoms with Gasteiger partial charge in [-0.05, 0) is 69.7 Å². The second kappa shape index (κ2) is 12.3. The summed E-state index contributed by atoms with van der Waals surface area (Å²) in [5.74, 6) is 0.102. The number of aryl methyl sites for hydroxylation is 1. The van der Waals surface area contributed by atoms with Crippen molar-refractivity contribution in [3.05, 3.63) is 83.3 Å². The number of para-hydroxylation sites is 1. The fourth-order valence-corrected chi connectivity index (χ4v) is 5.77. The first-order chi connectivity index (χ1) is 22.0. The Labute approximate surface area is 266 Å². The summed E-state index contributed by atoms with van der Waals surface area (Å²) in [5.41, 5.74) is 3.69. The molecule has 2 aliphatic heterocycles. The van der Waals surface area contributed by atoms with E-state index in [1.54, 1.807) is 21.7 Å². The molecule has 2 aliphatic rings. The van der Waals surface area contributed by atoms with E-state index in [-0.39, 0.29) is 37.8 Å². The number of ether oxygens (including phenoxy) is 2. The van der Waals surface area contributed by atoms with Gasteiger partial charge in [-0.15, -0.1) is 0 Å². The molecular formula is C34H37N7O5. The standard InChI is InChI=1S/C34H37N7O5/c1-6-28(42)40-14-13-39(26-12-7-9-22(2)29(26)40)27-19-23-21-35-32-36-24-10-8-11-25(20-24)38(33(44)46-34(3,4)5)15-17-45-18-16-41(31(27)43)30(23)37-32/h6-12,19-21H,1,13-18H2,2-5H3,(H,35,36,37). The van der Waals surface area contributed by atoms with Crippen molar-refractivity contribution in [2.75, 3.05) is 52.9 Å². The van der Waals surface area contributed by atoms with Crippen molar-refractivity contribution in [2.45, 2.75) is 39.8 Å². The Bertz CT molecular complexity index is 1900. The monoisotopic (exact) mass is 623 g/mol. The zero-order chi connectivity index (χ0) is 32.6. The third-order valence-corrected chi connectivity index (χ3v) is 7.81. The molecule has 12 nitrogen and oxygen atoms in total. The summed E-state index contributed by atoms with van der Waals surface area (Å²) in [4.78, 5) is 54.7. The first kappa shape index (κ1) is 30.8. The highest BCUT2D eigenvalue weighted by atomic mass is 16.6. The number of hydrogen-bond donors (Lipinski definition) is 1. The molecule has 0 spiro atoms. The highest BCUT2D eigenvalue weighted by Gasteiger charge is 2.30. The van der Waals surface area contributed by atoms with Crippen LogP contribution in [0.3, 0.4) is 0 Å². The highest BCUT2D eigenvalue weighted by Crippen LogP contribution is 2.39. The minimum absolute atomic E-state index is 0.194. The molecule has 4 bridgehead atoms. The molecule has 12 heteroatoms. The van der Waals surface area contributed by atoms with Gasteiger partial charge in [0.2, 0.25) is 5.95 Å². The summed E-state index contributed by atoms with van der Waals surface area (Å²) in [6.07, 6.45) is 2.50. The van der Waals surface area contributed by atoms with E-state index in [1.807, 2.05) is 75.1 Å². The molecule has 2 aromatic heterocycles. The van der Waals surface area contributed by atoms with E-state index in [0.717, 1.165) is 16.9 Å². The van der Waals surface area contributed by atoms with E-state index < -0.39 is 11.7 Å². The van der Waals surface area contributed by atoms with Gasteiger partial charge in [0, 0.05) is 36.0 Å². The lowest BCUT2D eigenvalue weighted by molar-refractivity contribution is -0.114. The van der Waals surface area contributed by atoms with Crippen LogP contribution in [0.5, 0.6) is 0 Å². The second-order valence-corrected chi connectivity index (χ2v) is 12.2. The Morgan fingerprint density at radius 2 is 1.78 bits per heavy atom. The Morgan fingerprint density at radius 3 is 2.57 bits per heavy atom. The van der Waals surface area contributed by atoms with E-state index in [2.05, 4.69) is 16.9 Å². The third kappa shape index (κ3) is 6.03. The molecule has 0 unspecified atom stereocenters. The number of aromatic nitrogens is 3. The van der Waals surface area contributed by atoms with Gasteiger partial charge in [0.15, 0.2) is 0 Å². The average molecular weight is 624 g/mol. The summed E-state index contributed by atoms with van der Waals surface area (Å²) >= 11 is 0. The number of carbonyl (C=O) groups is 2. The van der Waals surface area contributed by atoms with Crippen LogP contribution in [0.4, 0.5) is 39.2 Å². The van der Waals surface area contributed by atoms with Crippen LogP contribution in [0.15, 0.2) is 72.2 Å². The topological polar surface area (TPSA) is 122 Å². The van der Waals surface area contributed by atoms with Crippen LogP contribution in [0, 0.1) is 6.92 Å². The predicted molar refractivity (Wildman–Crippen MR) is 179 cm³/mol. The SMILES string of the molecule is C=CC(=O)N1CCN(c2cc3cnc4nc3n(c2=O)CCOCCN(C(=O)OC(C)(C)C)c2cccc(c2)N4)c2cccc(C)c21. The summed E-state index contributed by atoms with van der Waals surface area (Å²) in [6.45, 7) is 12.7. The third-order valence-electron chi connectivity index (χ3n) is 7.81. The molecule has 6 rings (SSSR count). The van der Waals surface area contributed by atoms with Crippen molar-refractivity contribution in [2.24, 2.45) is 0 Å². The Kier molecular flexibility index (Phi) is 8.22. The first-order valence-corrected chi connectivity index (χ1v) is 15.2. The van der Waals surface area contributed by atoms with Gasteiger partial charge in [-0.3, -0.25) is 19.1 Å². The zero-order valence-electron chi connectivity index (χ0n) is 26.4. The number of carbonyl (C=O) groups excluding carboxylic acids is 2. The molecule has 0 radical (unpaired) electrons. The molecule has 1 N–H and O–H groups in total. The molecule has 4 aromatic rings. The molecule has 0 fully saturated rings. The second-order valence-electron chi connectivity index (χ2n) is 12.2. The zero-order valence-corrected chi connectivity index (χ0v) is 26.4. The number of benzene rings is 2. The highest BCUT2D eigenvalue weighted by molar-refractivity contribution is 6.05. The van der Waals surface area contributed by atoms with E-state index in [9.17, 15) is 14.4 Å². The van der Waals surface area contributed by atoms with Gasteiger partial charge >= 0.3 is 6.09 Å². The normalized spacial score (nSPS) is 15.2. The number of amides is 2.